The van der Waals surface area contributed by atoms with Gasteiger partial charge in [0.2, 0.25) is 0 Å². The molecule has 4 aliphatic rings. The van der Waals surface area contributed by atoms with E-state index in [-0.39, 0.29) is 17.9 Å². The molecule has 0 saturated carbocycles. The minimum atomic E-state index is -0.739. The maximum Gasteiger partial charge on any atom is 0.0972 e. The standard InChI is InChI=1S/C73H48N6/c1-5-23-65-57(19-1)58-20-2-6-24-66(58)78(65)53-33-35-55-56-36-34-54(79-67-25-7-3-21-59(67)60-22-4-8-26-68(60)79)44-62(56)73(61(55)43-53,51-17-9-13-49(41-51)63-37-31-47-29-27-45-15-11-39-74-69(45)71(47)76-63)52-18-10-14-50(42-52)64-38-32-48-30-28-46-16-12-40-75-70(46)72(48)77-64/h1-25,27-44,55,61,68H,26H2. The van der Waals surface area contributed by atoms with Crippen LogP contribution in [-0.4, -0.2) is 30.5 Å². The van der Waals surface area contributed by atoms with Crippen LogP contribution in [0.5, 0.6) is 0 Å². The number of nitrogens with zero attached hydrogens (tertiary/aromatic N) is 6. The smallest absolute Gasteiger partial charge is 0.0972 e. The van der Waals surface area contributed by atoms with Crippen LogP contribution in [0.2, 0.25) is 0 Å². The maximum absolute atomic E-state index is 5.47. The fraction of sp³-hybridized carbons (Fsp3) is 0.0685. The van der Waals surface area contributed by atoms with E-state index in [1.807, 2.05) is 24.5 Å². The molecule has 0 fully saturated rings. The lowest BCUT2D eigenvalue weighted by atomic mass is 9.62. The fourth-order valence-corrected chi connectivity index (χ4v) is 14.2. The van der Waals surface area contributed by atoms with Crippen molar-refractivity contribution < 1.29 is 0 Å². The summed E-state index contributed by atoms with van der Waals surface area (Å²) in [6, 6.07) is 78.4. The minimum absolute atomic E-state index is 0.0413. The molecular formula is C73H48N6. The molecule has 3 unspecified atom stereocenters. The third kappa shape index (κ3) is 6.46. The molecule has 6 nitrogen and oxygen atoms in total. The van der Waals surface area contributed by atoms with Gasteiger partial charge in [-0.25, -0.2) is 9.97 Å². The Bertz CT molecular complexity index is 4670. The van der Waals surface area contributed by atoms with Crippen molar-refractivity contribution in [3.05, 3.63) is 289 Å². The first-order valence-electron chi connectivity index (χ1n) is 27.4. The van der Waals surface area contributed by atoms with Gasteiger partial charge in [-0.05, 0) is 107 Å². The average Bonchev–Trinajstić information content (AvgIpc) is 3.54. The monoisotopic (exact) mass is 1010 g/mol. The van der Waals surface area contributed by atoms with Gasteiger partial charge in [-0.3, -0.25) is 9.97 Å². The summed E-state index contributed by atoms with van der Waals surface area (Å²) >= 11 is 0. The van der Waals surface area contributed by atoms with Crippen molar-refractivity contribution in [3.63, 3.8) is 0 Å². The van der Waals surface area contributed by atoms with E-state index in [1.54, 1.807) is 0 Å². The zero-order valence-electron chi connectivity index (χ0n) is 42.9. The molecule has 17 rings (SSSR count). The number of para-hydroxylation sites is 3. The number of aromatic nitrogens is 5. The number of rotatable bonds is 6. The zero-order chi connectivity index (χ0) is 51.8. The number of hydrogen-bond donors (Lipinski definition) is 0. The number of pyridine rings is 4. The van der Waals surface area contributed by atoms with E-state index in [0.29, 0.717) is 0 Å². The van der Waals surface area contributed by atoms with E-state index in [4.69, 9.17) is 19.9 Å². The molecule has 0 amide bonds. The molecule has 0 saturated heterocycles. The molecule has 3 aliphatic carbocycles. The van der Waals surface area contributed by atoms with Crippen LogP contribution in [0.3, 0.4) is 0 Å². The van der Waals surface area contributed by atoms with Crippen LogP contribution < -0.4 is 4.90 Å². The number of hydrogen-bond acceptors (Lipinski definition) is 5. The van der Waals surface area contributed by atoms with Crippen LogP contribution in [0, 0.1) is 5.92 Å². The van der Waals surface area contributed by atoms with Crippen molar-refractivity contribution in [1.82, 2.24) is 24.5 Å². The summed E-state index contributed by atoms with van der Waals surface area (Å²) in [5.41, 5.74) is 20.5. The third-order valence-corrected chi connectivity index (χ3v) is 17.7. The Balaban J connectivity index is 0.950. The van der Waals surface area contributed by atoms with Crippen molar-refractivity contribution >= 4 is 88.1 Å². The van der Waals surface area contributed by atoms with E-state index >= 15 is 0 Å². The lowest BCUT2D eigenvalue weighted by molar-refractivity contribution is 0.457. The topological polar surface area (TPSA) is 59.7 Å². The fourth-order valence-electron chi connectivity index (χ4n) is 14.2. The first-order valence-corrected chi connectivity index (χ1v) is 27.4. The second kappa shape index (κ2) is 17.0. The van der Waals surface area contributed by atoms with Crippen molar-refractivity contribution in [2.75, 3.05) is 4.90 Å². The predicted molar refractivity (Wildman–Crippen MR) is 324 cm³/mol. The first-order chi connectivity index (χ1) is 39.2. The molecule has 6 heteroatoms. The van der Waals surface area contributed by atoms with Gasteiger partial charge < -0.3 is 9.47 Å². The highest BCUT2D eigenvalue weighted by molar-refractivity contribution is 6.11. The van der Waals surface area contributed by atoms with Crippen LogP contribution in [0.25, 0.3) is 99.2 Å². The molecular weight excluding hydrogens is 961 g/mol. The summed E-state index contributed by atoms with van der Waals surface area (Å²) in [4.78, 5) is 23.3. The van der Waals surface area contributed by atoms with Gasteiger partial charge in [0.15, 0.2) is 0 Å². The molecule has 79 heavy (non-hydrogen) atoms. The number of benzene rings is 8. The second-order valence-electron chi connectivity index (χ2n) is 21.6. The molecule has 6 heterocycles. The van der Waals surface area contributed by atoms with Crippen LogP contribution in [0.1, 0.15) is 40.2 Å². The average molecular weight is 1010 g/mol. The highest BCUT2D eigenvalue weighted by Crippen LogP contribution is 2.62. The first kappa shape index (κ1) is 44.1. The van der Waals surface area contributed by atoms with Gasteiger partial charge in [0, 0.05) is 90.3 Å². The van der Waals surface area contributed by atoms with Crippen molar-refractivity contribution in [1.29, 1.82) is 0 Å². The van der Waals surface area contributed by atoms with E-state index in [1.165, 1.54) is 66.6 Å². The SMILES string of the molecule is C1=CCC2C(=C1)c1ccccc1N2c1ccc2c(c1)C(c1cccc(-c3ccc4ccc5cccnc5c4n3)c1)(c1cccc(-c3ccc4ccc5cccnc5c4n3)c1)C1C=C(n3c4ccccc4c4ccccc43)C=CC21. The largest absolute Gasteiger partial charge is 0.333 e. The Labute approximate surface area is 456 Å². The maximum atomic E-state index is 5.47. The summed E-state index contributed by atoms with van der Waals surface area (Å²) in [6.07, 6.45) is 19.0. The second-order valence-corrected chi connectivity index (χ2v) is 21.6. The molecule has 5 aromatic heterocycles. The van der Waals surface area contributed by atoms with Crippen LogP contribution in [0.15, 0.2) is 261 Å². The van der Waals surface area contributed by atoms with Crippen LogP contribution in [0.4, 0.5) is 11.4 Å². The van der Waals surface area contributed by atoms with E-state index in [2.05, 4.69) is 246 Å². The highest BCUT2D eigenvalue weighted by Gasteiger charge is 2.54. The molecule has 3 atom stereocenters. The highest BCUT2D eigenvalue weighted by atomic mass is 15.2. The van der Waals surface area contributed by atoms with Crippen molar-refractivity contribution in [3.8, 4) is 22.5 Å². The van der Waals surface area contributed by atoms with Crippen molar-refractivity contribution in [2.45, 2.75) is 23.8 Å². The molecule has 0 bridgehead atoms. The van der Waals surface area contributed by atoms with Gasteiger partial charge in [-0.2, -0.15) is 0 Å². The van der Waals surface area contributed by atoms with Crippen LogP contribution >= 0.6 is 0 Å². The molecule has 13 aromatic rings. The molecule has 370 valence electrons. The Hall–Kier alpha value is -10.0. The summed E-state index contributed by atoms with van der Waals surface area (Å²) in [7, 11) is 0. The summed E-state index contributed by atoms with van der Waals surface area (Å²) in [6.45, 7) is 0. The van der Waals surface area contributed by atoms with E-state index < -0.39 is 5.41 Å². The van der Waals surface area contributed by atoms with E-state index in [9.17, 15) is 0 Å². The number of fused-ring (bicyclic) bond motifs is 15. The summed E-state index contributed by atoms with van der Waals surface area (Å²) < 4.78 is 2.49. The zero-order valence-corrected chi connectivity index (χ0v) is 42.9. The van der Waals surface area contributed by atoms with Gasteiger partial charge in [0.05, 0.1) is 55.9 Å². The van der Waals surface area contributed by atoms with Crippen LogP contribution in [-0.2, 0) is 5.41 Å². The normalized spacial score (nSPS) is 17.8. The molecule has 0 radical (unpaired) electrons. The minimum Gasteiger partial charge on any atom is -0.333 e. The molecule has 1 aliphatic heterocycles. The van der Waals surface area contributed by atoms with Gasteiger partial charge >= 0.3 is 0 Å². The predicted octanol–water partition coefficient (Wildman–Crippen LogP) is 17.3. The Morgan fingerprint density at radius 2 is 1.10 bits per heavy atom. The van der Waals surface area contributed by atoms with Gasteiger partial charge in [0.1, 0.15) is 0 Å². The molecule has 0 N–H and O–H groups in total. The van der Waals surface area contributed by atoms with Gasteiger partial charge in [0.25, 0.3) is 0 Å². The lowest BCUT2D eigenvalue weighted by Crippen LogP contribution is -2.36. The summed E-state index contributed by atoms with van der Waals surface area (Å²) in [5, 5.41) is 6.77. The third-order valence-electron chi connectivity index (χ3n) is 17.7. The van der Waals surface area contributed by atoms with Gasteiger partial charge in [-0.1, -0.05) is 176 Å². The molecule has 8 aromatic carbocycles. The number of anilines is 2. The van der Waals surface area contributed by atoms with Crippen molar-refractivity contribution in [2.24, 2.45) is 5.92 Å². The Morgan fingerprint density at radius 3 is 1.76 bits per heavy atom. The Kier molecular flexibility index (Phi) is 9.48. The summed E-state index contributed by atoms with van der Waals surface area (Å²) in [5.74, 6) is -0.0304. The number of allylic oxidation sites excluding steroid dienone is 6. The lowest BCUT2D eigenvalue weighted by Gasteiger charge is -2.40. The quantitative estimate of drug-likeness (QED) is 0.155. The Morgan fingerprint density at radius 1 is 0.506 bits per heavy atom. The van der Waals surface area contributed by atoms with Gasteiger partial charge in [-0.15, -0.1) is 0 Å². The van der Waals surface area contributed by atoms with E-state index in [0.717, 1.165) is 78.2 Å². The molecule has 0 spiro atoms.